The van der Waals surface area contributed by atoms with Crippen molar-refractivity contribution in [3.8, 4) is 11.5 Å². The number of aliphatic hydroxyl groups is 1. The van der Waals surface area contributed by atoms with Crippen LogP contribution in [0.5, 0.6) is 11.5 Å². The molecule has 152 valence electrons. The lowest BCUT2D eigenvalue weighted by atomic mass is 10.1. The van der Waals surface area contributed by atoms with Crippen LogP contribution in [0.4, 0.5) is 4.39 Å². The Morgan fingerprint density at radius 3 is 2.68 bits per heavy atom. The minimum absolute atomic E-state index is 0.156. The zero-order valence-electron chi connectivity index (χ0n) is 16.2. The van der Waals surface area contributed by atoms with Gasteiger partial charge in [-0.05, 0) is 54.8 Å². The molecule has 2 atom stereocenters. The van der Waals surface area contributed by atoms with Crippen molar-refractivity contribution >= 4 is 0 Å². The largest absolute Gasteiger partial charge is 0.497 e. The minimum Gasteiger partial charge on any atom is -0.497 e. The lowest BCUT2D eigenvalue weighted by Crippen LogP contribution is -2.39. The zero-order chi connectivity index (χ0) is 19.8. The zero-order valence-corrected chi connectivity index (χ0v) is 16.2. The highest BCUT2D eigenvalue weighted by Gasteiger charge is 2.21. The SMILES string of the molecule is COc1ccc(OCC(O)CN(Cc2cccc(F)c2)CC2CCCO2)cc1. The summed E-state index contributed by atoms with van der Waals surface area (Å²) in [4.78, 5) is 2.10. The maximum Gasteiger partial charge on any atom is 0.123 e. The van der Waals surface area contributed by atoms with Crippen LogP contribution in [-0.4, -0.2) is 55.6 Å². The monoisotopic (exact) mass is 389 g/mol. The highest BCUT2D eigenvalue weighted by molar-refractivity contribution is 5.31. The topological polar surface area (TPSA) is 51.2 Å². The van der Waals surface area contributed by atoms with Crippen LogP contribution in [0.2, 0.25) is 0 Å². The Kier molecular flexibility index (Phi) is 7.65. The van der Waals surface area contributed by atoms with E-state index in [1.54, 1.807) is 13.2 Å². The van der Waals surface area contributed by atoms with Gasteiger partial charge in [0.05, 0.1) is 13.2 Å². The maximum atomic E-state index is 13.5. The van der Waals surface area contributed by atoms with Gasteiger partial charge in [0, 0.05) is 26.2 Å². The fourth-order valence-electron chi connectivity index (χ4n) is 3.39. The Bertz CT molecular complexity index is 719. The number of hydrogen-bond acceptors (Lipinski definition) is 5. The quantitative estimate of drug-likeness (QED) is 0.676. The summed E-state index contributed by atoms with van der Waals surface area (Å²) in [6.07, 6.45) is 1.56. The number of rotatable bonds is 10. The smallest absolute Gasteiger partial charge is 0.123 e. The Morgan fingerprint density at radius 1 is 1.21 bits per heavy atom. The fourth-order valence-corrected chi connectivity index (χ4v) is 3.39. The van der Waals surface area contributed by atoms with Crippen molar-refractivity contribution in [3.63, 3.8) is 0 Å². The number of aliphatic hydroxyl groups excluding tert-OH is 1. The lowest BCUT2D eigenvalue weighted by Gasteiger charge is -2.27. The van der Waals surface area contributed by atoms with Crippen LogP contribution in [-0.2, 0) is 11.3 Å². The molecule has 1 saturated heterocycles. The lowest BCUT2D eigenvalue weighted by molar-refractivity contribution is 0.0313. The van der Waals surface area contributed by atoms with Crippen molar-refractivity contribution in [2.24, 2.45) is 0 Å². The number of methoxy groups -OCH3 is 1. The molecule has 0 radical (unpaired) electrons. The number of halogens is 1. The van der Waals surface area contributed by atoms with Gasteiger partial charge >= 0.3 is 0 Å². The molecule has 28 heavy (non-hydrogen) atoms. The molecule has 0 amide bonds. The van der Waals surface area contributed by atoms with Crippen molar-refractivity contribution in [2.75, 3.05) is 33.4 Å². The van der Waals surface area contributed by atoms with E-state index in [4.69, 9.17) is 14.2 Å². The van der Waals surface area contributed by atoms with Crippen LogP contribution in [0.3, 0.4) is 0 Å². The highest BCUT2D eigenvalue weighted by atomic mass is 19.1. The molecule has 1 aliphatic rings. The summed E-state index contributed by atoms with van der Waals surface area (Å²) < 4.78 is 30.1. The summed E-state index contributed by atoms with van der Waals surface area (Å²) in [5, 5.41) is 10.5. The van der Waals surface area contributed by atoms with E-state index < -0.39 is 6.10 Å². The van der Waals surface area contributed by atoms with E-state index in [-0.39, 0.29) is 18.5 Å². The molecule has 0 spiro atoms. The van der Waals surface area contributed by atoms with Gasteiger partial charge in [-0.15, -0.1) is 0 Å². The second-order valence-electron chi connectivity index (χ2n) is 7.10. The third-order valence-corrected chi connectivity index (χ3v) is 4.75. The molecule has 0 aromatic heterocycles. The molecule has 2 aromatic rings. The molecule has 0 aliphatic carbocycles. The number of benzene rings is 2. The van der Waals surface area contributed by atoms with Gasteiger partial charge in [0.1, 0.15) is 30.0 Å². The summed E-state index contributed by atoms with van der Waals surface area (Å²) in [6.45, 7) is 2.64. The van der Waals surface area contributed by atoms with Crippen LogP contribution >= 0.6 is 0 Å². The molecule has 1 N–H and O–H groups in total. The van der Waals surface area contributed by atoms with Gasteiger partial charge in [-0.1, -0.05) is 12.1 Å². The van der Waals surface area contributed by atoms with Crippen LogP contribution in [0.1, 0.15) is 18.4 Å². The Balaban J connectivity index is 1.55. The van der Waals surface area contributed by atoms with Gasteiger partial charge in [-0.3, -0.25) is 4.90 Å². The summed E-state index contributed by atoms with van der Waals surface area (Å²) in [7, 11) is 1.61. The number of nitrogens with zero attached hydrogens (tertiary/aromatic N) is 1. The first-order valence-corrected chi connectivity index (χ1v) is 9.65. The van der Waals surface area contributed by atoms with Crippen LogP contribution in [0.15, 0.2) is 48.5 Å². The van der Waals surface area contributed by atoms with Gasteiger partial charge < -0.3 is 19.3 Å². The standard InChI is InChI=1S/C22H28FNO4/c1-26-20-7-9-21(10-8-20)28-16-19(25)14-24(15-22-6-3-11-27-22)13-17-4-2-5-18(23)12-17/h2,4-5,7-10,12,19,22,25H,3,6,11,13-16H2,1H3. The molecule has 1 heterocycles. The molecule has 0 saturated carbocycles. The third-order valence-electron chi connectivity index (χ3n) is 4.75. The van der Waals surface area contributed by atoms with Gasteiger partial charge in [-0.25, -0.2) is 4.39 Å². The van der Waals surface area contributed by atoms with Crippen molar-refractivity contribution in [1.29, 1.82) is 0 Å². The maximum absolute atomic E-state index is 13.5. The average molecular weight is 389 g/mol. The molecule has 3 rings (SSSR count). The first kappa shape index (κ1) is 20.6. The fraction of sp³-hybridized carbons (Fsp3) is 0.455. The molecule has 1 fully saturated rings. The molecular formula is C22H28FNO4. The van der Waals surface area contributed by atoms with Gasteiger partial charge in [0.25, 0.3) is 0 Å². The molecule has 2 aromatic carbocycles. The van der Waals surface area contributed by atoms with E-state index in [1.165, 1.54) is 12.1 Å². The summed E-state index contributed by atoms with van der Waals surface area (Å²) >= 11 is 0. The normalized spacial score (nSPS) is 17.6. The first-order valence-electron chi connectivity index (χ1n) is 9.65. The summed E-state index contributed by atoms with van der Waals surface area (Å²) in [6, 6.07) is 13.8. The van der Waals surface area contributed by atoms with Gasteiger partial charge in [-0.2, -0.15) is 0 Å². The summed E-state index contributed by atoms with van der Waals surface area (Å²) in [5.74, 6) is 1.18. The highest BCUT2D eigenvalue weighted by Crippen LogP contribution is 2.18. The van der Waals surface area contributed by atoms with E-state index in [9.17, 15) is 9.50 Å². The van der Waals surface area contributed by atoms with E-state index in [0.717, 1.165) is 30.8 Å². The number of ether oxygens (including phenoxy) is 3. The van der Waals surface area contributed by atoms with Gasteiger partial charge in [0.15, 0.2) is 0 Å². The van der Waals surface area contributed by atoms with Gasteiger partial charge in [0.2, 0.25) is 0 Å². The molecular weight excluding hydrogens is 361 g/mol. The van der Waals surface area contributed by atoms with E-state index >= 15 is 0 Å². The second kappa shape index (κ2) is 10.4. The van der Waals surface area contributed by atoms with E-state index in [1.807, 2.05) is 30.3 Å². The van der Waals surface area contributed by atoms with Crippen LogP contribution in [0.25, 0.3) is 0 Å². The Hall–Kier alpha value is -2.15. The summed E-state index contributed by atoms with van der Waals surface area (Å²) in [5.41, 5.74) is 0.876. The van der Waals surface area contributed by atoms with Crippen LogP contribution in [0, 0.1) is 5.82 Å². The molecule has 5 nitrogen and oxygen atoms in total. The predicted molar refractivity (Wildman–Crippen MR) is 105 cm³/mol. The molecule has 2 unspecified atom stereocenters. The third kappa shape index (κ3) is 6.48. The van der Waals surface area contributed by atoms with E-state index in [0.29, 0.717) is 25.4 Å². The van der Waals surface area contributed by atoms with Crippen molar-refractivity contribution in [2.45, 2.75) is 31.6 Å². The van der Waals surface area contributed by atoms with Crippen molar-refractivity contribution < 1.29 is 23.7 Å². The molecule has 0 bridgehead atoms. The minimum atomic E-state index is -0.669. The van der Waals surface area contributed by atoms with E-state index in [2.05, 4.69) is 4.90 Å². The Morgan fingerprint density at radius 2 is 2.00 bits per heavy atom. The second-order valence-corrected chi connectivity index (χ2v) is 7.10. The predicted octanol–water partition coefficient (Wildman–Crippen LogP) is 3.26. The first-order chi connectivity index (χ1) is 13.6. The van der Waals surface area contributed by atoms with Crippen molar-refractivity contribution in [1.82, 2.24) is 4.90 Å². The number of hydrogen-bond donors (Lipinski definition) is 1. The molecule has 1 aliphatic heterocycles. The Labute approximate surface area is 165 Å². The van der Waals surface area contributed by atoms with Crippen LogP contribution < -0.4 is 9.47 Å². The molecule has 6 heteroatoms. The average Bonchev–Trinajstić information content (AvgIpc) is 3.20. The van der Waals surface area contributed by atoms with Crippen molar-refractivity contribution in [3.05, 3.63) is 59.9 Å².